The van der Waals surface area contributed by atoms with Crippen molar-refractivity contribution in [3.8, 4) is 11.1 Å². The van der Waals surface area contributed by atoms with Gasteiger partial charge in [0.2, 0.25) is 0 Å². The molecule has 2 atom stereocenters. The molecular formula is C34H37ClN2O4. The number of fused-ring (bicyclic) bond motifs is 1. The molecule has 0 aromatic heterocycles. The zero-order valence-corrected chi connectivity index (χ0v) is 24.1. The van der Waals surface area contributed by atoms with Gasteiger partial charge in [-0.05, 0) is 71.0 Å². The maximum Gasteiger partial charge on any atom is 0.254 e. The molecule has 1 fully saturated rings. The smallest absolute Gasteiger partial charge is 0.254 e. The number of halogens is 1. The molecule has 3 N–H and O–H groups in total. The number of carbonyl (C=O) groups is 1. The third kappa shape index (κ3) is 6.32. The van der Waals surface area contributed by atoms with Crippen LogP contribution in [0.5, 0.6) is 0 Å². The highest BCUT2D eigenvalue weighted by atomic mass is 35.5. The number of carbonyl (C=O) groups excluding carboxylic acids is 1. The normalized spacial score (nSPS) is 17.0. The van der Waals surface area contributed by atoms with Crippen LogP contribution in [0.2, 0.25) is 5.02 Å². The Morgan fingerprint density at radius 2 is 1.83 bits per heavy atom. The maximum atomic E-state index is 13.5. The van der Waals surface area contributed by atoms with Gasteiger partial charge in [-0.1, -0.05) is 72.3 Å². The van der Waals surface area contributed by atoms with Crippen molar-refractivity contribution in [1.82, 2.24) is 4.90 Å². The fourth-order valence-corrected chi connectivity index (χ4v) is 6.01. The van der Waals surface area contributed by atoms with Crippen molar-refractivity contribution in [2.24, 2.45) is 5.73 Å². The maximum absolute atomic E-state index is 13.5. The number of rotatable bonds is 10. The van der Waals surface area contributed by atoms with Crippen LogP contribution < -0.4 is 5.73 Å². The van der Waals surface area contributed by atoms with Crippen molar-refractivity contribution in [1.29, 1.82) is 0 Å². The van der Waals surface area contributed by atoms with E-state index in [-0.39, 0.29) is 12.5 Å². The third-order valence-corrected chi connectivity index (χ3v) is 8.31. The lowest BCUT2D eigenvalue weighted by molar-refractivity contribution is -0.146. The number of ether oxygens (including phenoxy) is 2. The Kier molecular flexibility index (Phi) is 9.38. The summed E-state index contributed by atoms with van der Waals surface area (Å²) in [6, 6.07) is 27.4. The molecule has 0 radical (unpaired) electrons. The average molecular weight is 573 g/mol. The Morgan fingerprint density at radius 1 is 1.05 bits per heavy atom. The van der Waals surface area contributed by atoms with Gasteiger partial charge in [-0.15, -0.1) is 0 Å². The minimum atomic E-state index is -1.40. The molecule has 4 aromatic carbocycles. The molecule has 0 spiro atoms. The van der Waals surface area contributed by atoms with Gasteiger partial charge in [-0.2, -0.15) is 0 Å². The minimum absolute atomic E-state index is 0.0931. The van der Waals surface area contributed by atoms with Crippen molar-refractivity contribution < 1.29 is 19.4 Å². The predicted octanol–water partition coefficient (Wildman–Crippen LogP) is 6.16. The lowest BCUT2D eigenvalue weighted by Gasteiger charge is -2.43. The molecule has 1 heterocycles. The summed E-state index contributed by atoms with van der Waals surface area (Å²) in [6.45, 7) is 2.04. The molecule has 1 aliphatic rings. The number of morpholine rings is 1. The number of benzene rings is 4. The highest BCUT2D eigenvalue weighted by Crippen LogP contribution is 2.43. The van der Waals surface area contributed by atoms with Crippen LogP contribution in [0.4, 0.5) is 0 Å². The van der Waals surface area contributed by atoms with Crippen LogP contribution in [0.15, 0.2) is 84.9 Å². The number of nitrogens with two attached hydrogens (primary N) is 1. The topological polar surface area (TPSA) is 85.0 Å². The van der Waals surface area contributed by atoms with Gasteiger partial charge >= 0.3 is 0 Å². The number of aliphatic hydroxyl groups is 1. The number of methoxy groups -OCH3 is 1. The molecule has 41 heavy (non-hydrogen) atoms. The first-order chi connectivity index (χ1) is 19.9. The SMILES string of the molecule is COCCCC[C@@](O)(c1cccc(Cl)c1-c1ccc2ccccc2c1)C1CN(C(=O)c2ccc(CN)cc2)CCO1. The first-order valence-corrected chi connectivity index (χ1v) is 14.5. The van der Waals surface area contributed by atoms with Gasteiger partial charge < -0.3 is 25.2 Å². The molecule has 214 valence electrons. The van der Waals surface area contributed by atoms with E-state index < -0.39 is 11.7 Å². The quantitative estimate of drug-likeness (QED) is 0.222. The summed E-state index contributed by atoms with van der Waals surface area (Å²) in [5.41, 5.74) is 8.28. The van der Waals surface area contributed by atoms with Crippen molar-refractivity contribution in [2.75, 3.05) is 33.4 Å². The van der Waals surface area contributed by atoms with E-state index in [1.165, 1.54) is 0 Å². The zero-order chi connectivity index (χ0) is 28.8. The van der Waals surface area contributed by atoms with Gasteiger partial charge in [0.25, 0.3) is 5.91 Å². The van der Waals surface area contributed by atoms with E-state index in [1.807, 2.05) is 48.5 Å². The van der Waals surface area contributed by atoms with Crippen LogP contribution in [0.3, 0.4) is 0 Å². The first-order valence-electron chi connectivity index (χ1n) is 14.1. The fourth-order valence-electron chi connectivity index (χ4n) is 5.72. The van der Waals surface area contributed by atoms with Gasteiger partial charge in [0.1, 0.15) is 11.7 Å². The molecule has 1 aliphatic heterocycles. The van der Waals surface area contributed by atoms with E-state index in [0.29, 0.717) is 55.3 Å². The molecule has 1 saturated heterocycles. The average Bonchev–Trinajstić information content (AvgIpc) is 3.02. The second-order valence-electron chi connectivity index (χ2n) is 10.6. The molecular weight excluding hydrogens is 536 g/mol. The Morgan fingerprint density at radius 3 is 2.59 bits per heavy atom. The molecule has 0 saturated carbocycles. The minimum Gasteiger partial charge on any atom is -0.385 e. The van der Waals surface area contributed by atoms with Crippen LogP contribution in [-0.4, -0.2) is 55.4 Å². The second kappa shape index (κ2) is 13.1. The molecule has 1 unspecified atom stereocenters. The van der Waals surface area contributed by atoms with E-state index in [1.54, 1.807) is 24.1 Å². The summed E-state index contributed by atoms with van der Waals surface area (Å²) in [5.74, 6) is -0.0931. The van der Waals surface area contributed by atoms with Crippen LogP contribution in [-0.2, 0) is 21.6 Å². The van der Waals surface area contributed by atoms with Crippen LogP contribution in [0, 0.1) is 0 Å². The van der Waals surface area contributed by atoms with E-state index in [2.05, 4.69) is 24.3 Å². The molecule has 7 heteroatoms. The predicted molar refractivity (Wildman–Crippen MR) is 164 cm³/mol. The van der Waals surface area contributed by atoms with E-state index in [0.717, 1.165) is 33.9 Å². The van der Waals surface area contributed by atoms with E-state index in [4.69, 9.17) is 26.8 Å². The molecule has 5 rings (SSSR count). The van der Waals surface area contributed by atoms with Gasteiger partial charge in [0, 0.05) is 43.0 Å². The van der Waals surface area contributed by atoms with Crippen molar-refractivity contribution in [2.45, 2.75) is 37.5 Å². The lowest BCUT2D eigenvalue weighted by Crippen LogP contribution is -2.54. The van der Waals surface area contributed by atoms with Crippen LogP contribution in [0.25, 0.3) is 21.9 Å². The van der Waals surface area contributed by atoms with Crippen molar-refractivity contribution in [3.05, 3.63) is 107 Å². The number of amides is 1. The number of nitrogens with zero attached hydrogens (tertiary/aromatic N) is 1. The first kappa shape index (κ1) is 29.2. The zero-order valence-electron chi connectivity index (χ0n) is 23.4. The van der Waals surface area contributed by atoms with Crippen molar-refractivity contribution in [3.63, 3.8) is 0 Å². The summed E-state index contributed by atoms with van der Waals surface area (Å²) in [6.07, 6.45) is 1.27. The Labute approximate surface area is 246 Å². The summed E-state index contributed by atoms with van der Waals surface area (Å²) in [7, 11) is 1.68. The molecule has 0 aliphatic carbocycles. The third-order valence-electron chi connectivity index (χ3n) is 8.00. The van der Waals surface area contributed by atoms with Gasteiger partial charge in [-0.3, -0.25) is 4.79 Å². The van der Waals surface area contributed by atoms with Crippen LogP contribution in [0.1, 0.15) is 40.7 Å². The van der Waals surface area contributed by atoms with Crippen molar-refractivity contribution >= 4 is 28.3 Å². The standard InChI is InChI=1S/C34H37ClN2O4/c1-40-19-5-4-17-34(39,31-23-37(18-20-41-31)33(38)26-13-11-24(22-36)12-14-26)29-9-6-10-30(35)32(29)28-16-15-25-7-2-3-8-27(25)21-28/h2-3,6-16,21,31,39H,4-5,17-20,22-23,36H2,1H3/t31?,34-/m1/s1. The number of unbranched alkanes of at least 4 members (excludes halogenated alkanes) is 1. The highest BCUT2D eigenvalue weighted by Gasteiger charge is 2.44. The summed E-state index contributed by atoms with van der Waals surface area (Å²) in [5, 5.41) is 15.4. The molecule has 1 amide bonds. The van der Waals surface area contributed by atoms with Gasteiger partial charge in [0.15, 0.2) is 0 Å². The van der Waals surface area contributed by atoms with E-state index >= 15 is 0 Å². The number of hydrogen-bond acceptors (Lipinski definition) is 5. The Hall–Kier alpha value is -3.26. The highest BCUT2D eigenvalue weighted by molar-refractivity contribution is 6.33. The Bertz CT molecular complexity index is 1490. The fraction of sp³-hybridized carbons (Fsp3) is 0.324. The van der Waals surface area contributed by atoms with Gasteiger partial charge in [-0.25, -0.2) is 0 Å². The second-order valence-corrected chi connectivity index (χ2v) is 11.0. The summed E-state index contributed by atoms with van der Waals surface area (Å²) in [4.78, 5) is 15.3. The molecule has 0 bridgehead atoms. The largest absolute Gasteiger partial charge is 0.385 e. The molecule has 4 aromatic rings. The summed E-state index contributed by atoms with van der Waals surface area (Å²) >= 11 is 6.88. The number of hydrogen-bond donors (Lipinski definition) is 2. The summed E-state index contributed by atoms with van der Waals surface area (Å²) < 4.78 is 11.6. The lowest BCUT2D eigenvalue weighted by atomic mass is 9.78. The molecule has 6 nitrogen and oxygen atoms in total. The van der Waals surface area contributed by atoms with Crippen LogP contribution >= 0.6 is 11.6 Å². The Balaban J connectivity index is 1.52. The van der Waals surface area contributed by atoms with E-state index in [9.17, 15) is 9.90 Å². The monoisotopic (exact) mass is 572 g/mol. The van der Waals surface area contributed by atoms with Gasteiger partial charge in [0.05, 0.1) is 13.2 Å².